The van der Waals surface area contributed by atoms with Crippen LogP contribution in [0.4, 0.5) is 0 Å². The molecule has 16 N–H and O–H groups in total. The van der Waals surface area contributed by atoms with Crippen molar-refractivity contribution in [2.45, 2.75) is 196 Å². The number of phenols is 1. The number of hydroxylamine groups is 1. The third kappa shape index (κ3) is 24.5. The monoisotopic (exact) mass is 1430 g/mol. The molecule has 1 aliphatic heterocycles. The molecule has 2 aliphatic rings. The predicted molar refractivity (Wildman–Crippen MR) is 375 cm³/mol. The fourth-order valence-corrected chi connectivity index (χ4v) is 12.7. The number of primary amides is 1. The van der Waals surface area contributed by atoms with Crippen molar-refractivity contribution in [1.29, 1.82) is 0 Å². The number of benzene rings is 4. The molecule has 0 saturated heterocycles. The van der Waals surface area contributed by atoms with Gasteiger partial charge in [0.1, 0.15) is 60.1 Å². The van der Waals surface area contributed by atoms with Crippen LogP contribution in [0.5, 0.6) is 5.75 Å². The number of rotatable bonds is 40. The van der Waals surface area contributed by atoms with Crippen LogP contribution in [-0.4, -0.2) is 170 Å². The number of carboxylic acids is 2. The number of amides is 9. The fourth-order valence-electron chi connectivity index (χ4n) is 12.4. The lowest BCUT2D eigenvalue weighted by Crippen LogP contribution is -2.62. The predicted octanol–water partition coefficient (Wildman–Crippen LogP) is 1.86. The quantitative estimate of drug-likeness (QED) is 0.0223. The van der Waals surface area contributed by atoms with E-state index in [1.807, 2.05) is 6.92 Å². The number of carboxylic acid groups (broad SMARTS) is 2. The van der Waals surface area contributed by atoms with E-state index >= 15 is 19.2 Å². The van der Waals surface area contributed by atoms with Gasteiger partial charge in [-0.25, -0.2) is 4.79 Å². The van der Waals surface area contributed by atoms with E-state index in [0.29, 0.717) is 53.5 Å². The Kier molecular flexibility index (Phi) is 32.3. The van der Waals surface area contributed by atoms with Crippen molar-refractivity contribution < 1.29 is 87.6 Å². The fraction of sp³-hybridized carbons (Fsp3) is 0.486. The molecule has 6 rings (SSSR count). The Morgan fingerprint density at radius 3 is 1.72 bits per heavy atom. The largest absolute Gasteiger partial charge is 0.508 e. The molecule has 0 bridgehead atoms. The molecule has 2 unspecified atom stereocenters. The van der Waals surface area contributed by atoms with E-state index in [-0.39, 0.29) is 49.5 Å². The maximum Gasteiger partial charge on any atom is 0.342 e. The molecule has 30 heteroatoms. The van der Waals surface area contributed by atoms with Crippen LogP contribution in [0.1, 0.15) is 151 Å². The van der Waals surface area contributed by atoms with E-state index in [0.717, 1.165) is 26.2 Å². The zero-order valence-corrected chi connectivity index (χ0v) is 58.4. The number of aliphatic hydroxyl groups is 1. The van der Waals surface area contributed by atoms with E-state index in [1.165, 1.54) is 24.3 Å². The van der Waals surface area contributed by atoms with E-state index in [2.05, 4.69) is 66.0 Å². The summed E-state index contributed by atoms with van der Waals surface area (Å²) in [4.78, 5) is 184. The topological polar surface area (TPSA) is 458 Å². The average molecular weight is 1430 g/mol. The highest BCUT2D eigenvalue weighted by atomic mass is 32.1. The van der Waals surface area contributed by atoms with Gasteiger partial charge in [0, 0.05) is 31.4 Å². The van der Waals surface area contributed by atoms with Crippen LogP contribution >= 0.6 is 12.6 Å². The molecule has 0 aromatic heterocycles. The highest BCUT2D eigenvalue weighted by molar-refractivity contribution is 7.80. The first-order valence-corrected chi connectivity index (χ1v) is 34.9. The van der Waals surface area contributed by atoms with Gasteiger partial charge < -0.3 is 73.5 Å². The number of aliphatic hydroxyl groups excluding tert-OH is 1. The number of hydrogen-bond acceptors (Lipinski definition) is 19. The molecule has 1 fully saturated rings. The molecule has 4 aromatic carbocycles. The molecular weight excluding hydrogens is 1340 g/mol. The van der Waals surface area contributed by atoms with Crippen LogP contribution in [-0.2, 0) is 80.0 Å². The van der Waals surface area contributed by atoms with Crippen molar-refractivity contribution in [2.75, 3.05) is 12.4 Å². The number of thiol groups is 1. The number of phenolic OH excluding ortho intramolecular Hbond substituents is 1. The molecule has 29 nitrogen and oxygen atoms in total. The summed E-state index contributed by atoms with van der Waals surface area (Å²) in [5.41, 5.74) is 10.7. The van der Waals surface area contributed by atoms with Gasteiger partial charge in [-0.3, -0.25) is 62.9 Å². The van der Waals surface area contributed by atoms with Crippen molar-refractivity contribution >= 4 is 89.5 Å². The van der Waals surface area contributed by atoms with Gasteiger partial charge in [0.15, 0.2) is 5.78 Å². The van der Waals surface area contributed by atoms with Crippen LogP contribution in [0.15, 0.2) is 109 Å². The van der Waals surface area contributed by atoms with E-state index < -0.39 is 181 Å². The Bertz CT molecular complexity index is 3490. The maximum atomic E-state index is 15.4. The summed E-state index contributed by atoms with van der Waals surface area (Å²) in [6.45, 7) is 5.46. The zero-order chi connectivity index (χ0) is 74.6. The summed E-state index contributed by atoms with van der Waals surface area (Å²) in [7, 11) is 0. The molecule has 1 aliphatic carbocycles. The molecule has 4 aromatic rings. The van der Waals surface area contributed by atoms with Gasteiger partial charge in [-0.2, -0.15) is 12.6 Å². The summed E-state index contributed by atoms with van der Waals surface area (Å²) in [5, 5.41) is 63.1. The molecular formula is C72H95N11O18S. The van der Waals surface area contributed by atoms with Crippen LogP contribution in [0.3, 0.4) is 0 Å². The Labute approximate surface area is 596 Å². The number of Topliss-reactive ketones (excluding diaryl/α,β-unsaturated/α-hetero) is 1. The lowest BCUT2D eigenvalue weighted by molar-refractivity contribution is -0.158. The van der Waals surface area contributed by atoms with Gasteiger partial charge in [0.2, 0.25) is 53.2 Å². The third-order valence-electron chi connectivity index (χ3n) is 18.2. The number of carbonyl (C=O) groups is 13. The number of ketones is 1. The molecule has 552 valence electrons. The smallest absolute Gasteiger partial charge is 0.342 e. The van der Waals surface area contributed by atoms with Crippen LogP contribution in [0, 0.1) is 11.8 Å². The highest BCUT2D eigenvalue weighted by Gasteiger charge is 2.42. The third-order valence-corrected chi connectivity index (χ3v) is 18.6. The molecule has 1 saturated carbocycles. The number of nitrogens with one attached hydrogen (secondary N) is 10. The summed E-state index contributed by atoms with van der Waals surface area (Å²) in [6.07, 6.45) is 3.36. The Morgan fingerprint density at radius 2 is 1.14 bits per heavy atom. The van der Waals surface area contributed by atoms with Gasteiger partial charge in [-0.05, 0) is 77.5 Å². The number of aromatic hydroxyl groups is 1. The standard InChI is InChI=1S/C72H95N11O18S/c1-5-7-27-50(66(94)79-55(38-84)69(97)77-51(64(73)92)34-43-28-30-47(86)31-29-43)83-101-72(100)54-36-46-25-17-18-26-48(46)61(75-54)63(91)56(39-102)80-67(95)52(35-42-19-11-8-12-20-42)78-70(98)60(40(3)6-2)81-71(99)62(59(44-21-13-9-14-22-44)45-23-15-10-16-24-45)82-65(93)49(32-33-57(87)88)76-68(96)53(37-58(89)90)74-41(4)85/h9-10,13-18,21-26,28-31,40,42,49-56,59-62,75,83-84,86,102H,5-8,11-12,19-20,27,32-39H2,1-4H3,(H2,73,92)(H,74,85)(H,76,96)(H,77,97)(H,78,98)(H,79,94)(H,80,95)(H,81,99)(H,82,93)(H,87,88)(H,89,90)/t40-,49-,50-,51-,52-,53-,54?,55-,56-,60-,61?,62-/m0/s1. The number of aliphatic carboxylic acids is 2. The average Bonchev–Trinajstić information content (AvgIpc) is 0.826. The van der Waals surface area contributed by atoms with Gasteiger partial charge in [-0.1, -0.05) is 169 Å². The minimum Gasteiger partial charge on any atom is -0.508 e. The van der Waals surface area contributed by atoms with Crippen molar-refractivity contribution in [1.82, 2.24) is 53.3 Å². The Balaban J connectivity index is 1.23. The molecule has 0 radical (unpaired) electrons. The molecule has 102 heavy (non-hydrogen) atoms. The number of hydrogen-bond donors (Lipinski definition) is 16. The maximum absolute atomic E-state index is 15.4. The van der Waals surface area contributed by atoms with E-state index in [4.69, 9.17) is 10.6 Å². The van der Waals surface area contributed by atoms with Crippen molar-refractivity contribution in [3.63, 3.8) is 0 Å². The SMILES string of the molecule is CCCC[C@H](NOC(=O)C1Cc2ccccc2C(C(=O)[C@H](CS)NC(=O)[C@H](CC2CCCCC2)NC(=O)[C@@H](NC(=O)[C@@H](NC(=O)[C@H](CCC(=O)O)NC(=O)[C@H](CC(=O)O)NC(C)=O)C(c2ccccc2)c2ccccc2)[C@@H](C)CC)N1)C(=O)N[C@@H](CO)C(=O)N[C@@H](Cc1ccc(O)cc1)C(N)=O. The van der Waals surface area contributed by atoms with Gasteiger partial charge in [0.05, 0.1) is 25.1 Å². The first kappa shape index (κ1) is 81.2. The first-order valence-electron chi connectivity index (χ1n) is 34.3. The van der Waals surface area contributed by atoms with Crippen molar-refractivity contribution in [2.24, 2.45) is 17.6 Å². The molecule has 9 amide bonds. The summed E-state index contributed by atoms with van der Waals surface area (Å²) in [5.74, 6) is -14.7. The number of nitrogens with two attached hydrogens (primary N) is 1. The number of unbranched alkanes of at least 4 members (excludes halogenated alkanes) is 1. The Hall–Kier alpha value is -9.78. The minimum atomic E-state index is -1.72. The second-order valence-electron chi connectivity index (χ2n) is 25.8. The van der Waals surface area contributed by atoms with Gasteiger partial charge in [0.25, 0.3) is 0 Å². The Morgan fingerprint density at radius 1 is 0.598 bits per heavy atom. The van der Waals surface area contributed by atoms with Crippen molar-refractivity contribution in [3.05, 3.63) is 137 Å². The van der Waals surface area contributed by atoms with Crippen molar-refractivity contribution in [3.8, 4) is 5.75 Å². The molecule has 0 spiro atoms. The minimum absolute atomic E-state index is 0.000970. The van der Waals surface area contributed by atoms with Gasteiger partial charge in [-0.15, -0.1) is 5.48 Å². The second-order valence-corrected chi connectivity index (χ2v) is 26.2. The number of carbonyl (C=O) groups excluding carboxylic acids is 11. The summed E-state index contributed by atoms with van der Waals surface area (Å²) >= 11 is 4.53. The van der Waals surface area contributed by atoms with Crippen LogP contribution < -0.4 is 59.1 Å². The highest BCUT2D eigenvalue weighted by Crippen LogP contribution is 2.32. The summed E-state index contributed by atoms with van der Waals surface area (Å²) in [6, 6.07) is 13.9. The van der Waals surface area contributed by atoms with Crippen LogP contribution in [0.2, 0.25) is 0 Å². The number of fused-ring (bicyclic) bond motifs is 1. The lowest BCUT2D eigenvalue weighted by atomic mass is 9.83. The molecule has 12 atom stereocenters. The summed E-state index contributed by atoms with van der Waals surface area (Å²) < 4.78 is 0. The lowest BCUT2D eigenvalue weighted by Gasteiger charge is -2.34. The second kappa shape index (κ2) is 40.6. The van der Waals surface area contributed by atoms with E-state index in [1.54, 1.807) is 98.8 Å². The normalized spacial score (nSPS) is 17.2. The van der Waals surface area contributed by atoms with Gasteiger partial charge >= 0.3 is 17.9 Å². The van der Waals surface area contributed by atoms with Crippen LogP contribution in [0.25, 0.3) is 0 Å². The first-order chi connectivity index (χ1) is 48.7. The zero-order valence-electron chi connectivity index (χ0n) is 57.5. The molecule has 1 heterocycles. The van der Waals surface area contributed by atoms with E-state index in [9.17, 15) is 63.6 Å².